The third-order valence-corrected chi connectivity index (χ3v) is 4.95. The van der Waals surface area contributed by atoms with Crippen LogP contribution in [0, 0.1) is 0 Å². The maximum absolute atomic E-state index is 13.1. The number of benzene rings is 1. The van der Waals surface area contributed by atoms with E-state index in [1.807, 2.05) is 0 Å². The molecule has 2 aliphatic rings. The average molecular weight is 403 g/mol. The number of carbonyl (C=O) groups excluding carboxylic acids is 3. The summed E-state index contributed by atoms with van der Waals surface area (Å²) in [5.74, 6) is -1.29. The average Bonchev–Trinajstić information content (AvgIpc) is 2.93. The van der Waals surface area contributed by atoms with Gasteiger partial charge in [-0.2, -0.15) is 13.2 Å². The molecule has 1 aromatic carbocycles. The summed E-state index contributed by atoms with van der Waals surface area (Å²) >= 11 is 0.780. The van der Waals surface area contributed by atoms with Gasteiger partial charge < -0.3 is 15.0 Å². The molecule has 3 amide bonds. The fourth-order valence-corrected chi connectivity index (χ4v) is 3.48. The number of imide groups is 1. The predicted molar refractivity (Wildman–Crippen MR) is 92.7 cm³/mol. The first-order valence-electron chi connectivity index (χ1n) is 8.06. The van der Waals surface area contributed by atoms with Crippen LogP contribution < -0.4 is 10.2 Å². The third-order valence-electron chi connectivity index (χ3n) is 4.09. The molecule has 146 valence electrons. The minimum Gasteiger partial charge on any atom is -0.378 e. The lowest BCUT2D eigenvalue weighted by molar-refractivity contribution is -0.137. The van der Waals surface area contributed by atoms with Crippen LogP contribution in [0.5, 0.6) is 0 Å². The maximum atomic E-state index is 13.1. The molecule has 1 N–H and O–H groups in total. The van der Waals surface area contributed by atoms with Gasteiger partial charge in [0.1, 0.15) is 6.54 Å². The summed E-state index contributed by atoms with van der Waals surface area (Å²) in [4.78, 5) is 38.0. The number of ether oxygens (including phenoxy) is 1. The summed E-state index contributed by atoms with van der Waals surface area (Å²) in [6.45, 7) is 1.23. The Hall–Kier alpha value is -2.27. The van der Waals surface area contributed by atoms with Gasteiger partial charge in [0.25, 0.3) is 5.24 Å². The number of halogens is 3. The topological polar surface area (TPSA) is 79.0 Å². The highest BCUT2D eigenvalue weighted by atomic mass is 32.2. The predicted octanol–water partition coefficient (Wildman–Crippen LogP) is 2.18. The molecule has 2 aliphatic heterocycles. The second-order valence-corrected chi connectivity index (χ2v) is 6.84. The van der Waals surface area contributed by atoms with Crippen molar-refractivity contribution in [3.05, 3.63) is 23.8 Å². The van der Waals surface area contributed by atoms with Crippen LogP contribution in [0.15, 0.2) is 18.2 Å². The summed E-state index contributed by atoms with van der Waals surface area (Å²) in [5.41, 5.74) is -0.504. The van der Waals surface area contributed by atoms with Gasteiger partial charge in [-0.25, -0.2) is 0 Å². The zero-order valence-electron chi connectivity index (χ0n) is 14.0. The molecule has 3 rings (SSSR count). The number of nitrogens with zero attached hydrogens (tertiary/aromatic N) is 2. The van der Waals surface area contributed by atoms with Gasteiger partial charge in [0.15, 0.2) is 0 Å². The van der Waals surface area contributed by atoms with E-state index in [0.29, 0.717) is 32.0 Å². The largest absolute Gasteiger partial charge is 0.416 e. The monoisotopic (exact) mass is 403 g/mol. The number of nitrogens with one attached hydrogen (secondary N) is 1. The molecule has 7 nitrogen and oxygen atoms in total. The van der Waals surface area contributed by atoms with E-state index in [2.05, 4.69) is 5.32 Å². The number of alkyl halides is 3. The first kappa shape index (κ1) is 19.5. The highest BCUT2D eigenvalue weighted by Crippen LogP contribution is 2.35. The van der Waals surface area contributed by atoms with E-state index in [4.69, 9.17) is 4.74 Å². The zero-order chi connectivity index (χ0) is 19.6. The Morgan fingerprint density at radius 1 is 1.22 bits per heavy atom. The number of rotatable bonds is 4. The minimum absolute atomic E-state index is 0.0246. The molecule has 0 atom stereocenters. The van der Waals surface area contributed by atoms with Crippen LogP contribution in [0.1, 0.15) is 5.56 Å². The fourth-order valence-electron chi connectivity index (χ4n) is 2.76. The van der Waals surface area contributed by atoms with Crippen LogP contribution in [0.2, 0.25) is 0 Å². The van der Waals surface area contributed by atoms with Gasteiger partial charge in [0.05, 0.1) is 35.9 Å². The Morgan fingerprint density at radius 2 is 1.93 bits per heavy atom. The molecule has 11 heteroatoms. The van der Waals surface area contributed by atoms with Crippen molar-refractivity contribution >= 4 is 40.2 Å². The molecule has 2 saturated heterocycles. The standard InChI is InChI=1S/C16H16F3N3O4S/c17-16(18,19)10-1-2-12(21-3-5-26-6-4-21)11(7-10)20-13(23)8-22-14(24)9-27-15(22)25/h1-2,7H,3-6,8-9H2,(H,20,23). The van der Waals surface area contributed by atoms with Gasteiger partial charge in [0, 0.05) is 13.1 Å². The van der Waals surface area contributed by atoms with Gasteiger partial charge in [-0.15, -0.1) is 0 Å². The van der Waals surface area contributed by atoms with Crippen LogP contribution >= 0.6 is 11.8 Å². The third kappa shape index (κ3) is 4.53. The van der Waals surface area contributed by atoms with Crippen molar-refractivity contribution in [1.29, 1.82) is 0 Å². The fraction of sp³-hybridized carbons (Fsp3) is 0.438. The Kier molecular flexibility index (Phi) is 5.61. The molecule has 27 heavy (non-hydrogen) atoms. The summed E-state index contributed by atoms with van der Waals surface area (Å²) < 4.78 is 44.4. The number of hydrogen-bond acceptors (Lipinski definition) is 6. The van der Waals surface area contributed by atoms with Gasteiger partial charge in [-0.05, 0) is 18.2 Å². The lowest BCUT2D eigenvalue weighted by atomic mass is 10.1. The first-order valence-corrected chi connectivity index (χ1v) is 9.05. The second-order valence-electron chi connectivity index (χ2n) is 5.91. The SMILES string of the molecule is O=C(CN1C(=O)CSC1=O)Nc1cc(C(F)(F)F)ccc1N1CCOCC1. The molecule has 0 radical (unpaired) electrons. The van der Waals surface area contributed by atoms with Crippen LogP contribution in [-0.4, -0.2) is 60.6 Å². The quantitative estimate of drug-likeness (QED) is 0.830. The minimum atomic E-state index is -4.57. The van der Waals surface area contributed by atoms with Gasteiger partial charge in [-0.3, -0.25) is 19.3 Å². The summed E-state index contributed by atoms with van der Waals surface area (Å²) in [6, 6.07) is 3.10. The molecule has 0 unspecified atom stereocenters. The Labute approximate surface area is 156 Å². The molecule has 0 saturated carbocycles. The molecule has 2 fully saturated rings. The Morgan fingerprint density at radius 3 is 2.52 bits per heavy atom. The maximum Gasteiger partial charge on any atom is 0.416 e. The van der Waals surface area contributed by atoms with Gasteiger partial charge in [0.2, 0.25) is 11.8 Å². The number of hydrogen-bond donors (Lipinski definition) is 1. The van der Waals surface area contributed by atoms with E-state index in [1.165, 1.54) is 6.07 Å². The van der Waals surface area contributed by atoms with Crippen molar-refractivity contribution in [1.82, 2.24) is 4.90 Å². The van der Waals surface area contributed by atoms with Gasteiger partial charge >= 0.3 is 6.18 Å². The van der Waals surface area contributed by atoms with E-state index >= 15 is 0 Å². The van der Waals surface area contributed by atoms with E-state index in [-0.39, 0.29) is 11.4 Å². The summed E-state index contributed by atoms with van der Waals surface area (Å²) in [6.07, 6.45) is -4.57. The number of amides is 3. The van der Waals surface area contributed by atoms with Crippen molar-refractivity contribution in [3.8, 4) is 0 Å². The number of carbonyl (C=O) groups is 3. The first-order chi connectivity index (χ1) is 12.8. The summed E-state index contributed by atoms with van der Waals surface area (Å²) in [7, 11) is 0. The Balaban J connectivity index is 1.83. The van der Waals surface area contributed by atoms with E-state index in [9.17, 15) is 27.6 Å². The molecule has 0 bridgehead atoms. The normalized spacial score (nSPS) is 18.2. The Bertz CT molecular complexity index is 750. The summed E-state index contributed by atoms with van der Waals surface area (Å²) in [5, 5.41) is 1.86. The number of anilines is 2. The number of morpholine rings is 1. The van der Waals surface area contributed by atoms with Crippen LogP contribution in [0.4, 0.5) is 29.3 Å². The van der Waals surface area contributed by atoms with E-state index < -0.39 is 35.3 Å². The van der Waals surface area contributed by atoms with Crippen LogP contribution in [-0.2, 0) is 20.5 Å². The van der Waals surface area contributed by atoms with Crippen molar-refractivity contribution in [3.63, 3.8) is 0 Å². The molecule has 0 aliphatic carbocycles. The number of thioether (sulfide) groups is 1. The molecular weight excluding hydrogens is 387 g/mol. The van der Waals surface area contributed by atoms with E-state index in [1.54, 1.807) is 4.90 Å². The lowest BCUT2D eigenvalue weighted by Crippen LogP contribution is -2.38. The van der Waals surface area contributed by atoms with Crippen molar-refractivity contribution in [2.24, 2.45) is 0 Å². The lowest BCUT2D eigenvalue weighted by Gasteiger charge is -2.31. The second kappa shape index (κ2) is 7.77. The molecule has 0 spiro atoms. The van der Waals surface area contributed by atoms with Crippen molar-refractivity contribution < 1.29 is 32.3 Å². The van der Waals surface area contributed by atoms with Crippen LogP contribution in [0.25, 0.3) is 0 Å². The molecular formula is C16H16F3N3O4S. The molecule has 2 heterocycles. The van der Waals surface area contributed by atoms with E-state index in [0.717, 1.165) is 28.8 Å². The van der Waals surface area contributed by atoms with Gasteiger partial charge in [-0.1, -0.05) is 11.8 Å². The zero-order valence-corrected chi connectivity index (χ0v) is 14.9. The van der Waals surface area contributed by atoms with Crippen molar-refractivity contribution in [2.75, 3.05) is 48.8 Å². The van der Waals surface area contributed by atoms with Crippen LogP contribution in [0.3, 0.4) is 0 Å². The smallest absolute Gasteiger partial charge is 0.378 e. The highest BCUT2D eigenvalue weighted by Gasteiger charge is 2.33. The molecule has 1 aromatic rings. The highest BCUT2D eigenvalue weighted by molar-refractivity contribution is 8.14. The van der Waals surface area contributed by atoms with Crippen molar-refractivity contribution in [2.45, 2.75) is 6.18 Å². The molecule has 0 aromatic heterocycles.